The second-order valence-electron chi connectivity index (χ2n) is 7.48. The Bertz CT molecular complexity index is 1090. The summed E-state index contributed by atoms with van der Waals surface area (Å²) in [4.78, 5) is 4.07. The number of anilines is 1. The number of benzene rings is 3. The van der Waals surface area contributed by atoms with Crippen molar-refractivity contribution in [2.75, 3.05) is 5.32 Å². The fourth-order valence-corrected chi connectivity index (χ4v) is 3.54. The first kappa shape index (κ1) is 21.6. The van der Waals surface area contributed by atoms with E-state index in [2.05, 4.69) is 10.3 Å². The highest BCUT2D eigenvalue weighted by Crippen LogP contribution is 2.29. The van der Waals surface area contributed by atoms with Crippen LogP contribution in [0.1, 0.15) is 36.6 Å². The van der Waals surface area contributed by atoms with Gasteiger partial charge in [-0.15, -0.1) is 0 Å². The lowest BCUT2D eigenvalue weighted by Crippen LogP contribution is -2.23. The molecular weight excluding hydrogens is 385 g/mol. The molecule has 0 spiro atoms. The van der Waals surface area contributed by atoms with E-state index in [1.165, 1.54) is 0 Å². The van der Waals surface area contributed by atoms with E-state index >= 15 is 0 Å². The molecule has 30 heavy (non-hydrogen) atoms. The van der Waals surface area contributed by atoms with Gasteiger partial charge in [-0.3, -0.25) is 4.99 Å². The standard InChI is InChI=1S/C25H25F3N2/c1-16-9-7-10-17(2)24(16)29-18(3)15-23(25(26,27)28)30-19(4)21-14-8-12-20-11-5-6-13-22(20)21/h5-15,19,29H,1-4H3/b18-15-,30-23?/t19-/m1/s1. The van der Waals surface area contributed by atoms with Gasteiger partial charge in [-0.25, -0.2) is 0 Å². The molecule has 0 bridgehead atoms. The van der Waals surface area contributed by atoms with E-state index in [1.54, 1.807) is 13.8 Å². The van der Waals surface area contributed by atoms with Crippen LogP contribution in [-0.4, -0.2) is 11.9 Å². The van der Waals surface area contributed by atoms with Crippen molar-refractivity contribution in [3.05, 3.63) is 89.1 Å². The summed E-state index contributed by atoms with van der Waals surface area (Å²) in [5.74, 6) is 0. The van der Waals surface area contributed by atoms with Crippen molar-refractivity contribution in [1.29, 1.82) is 0 Å². The molecule has 1 atom stereocenters. The van der Waals surface area contributed by atoms with Crippen LogP contribution in [0, 0.1) is 13.8 Å². The maximum atomic E-state index is 13.8. The van der Waals surface area contributed by atoms with E-state index in [-0.39, 0.29) is 0 Å². The summed E-state index contributed by atoms with van der Waals surface area (Å²) in [6.45, 7) is 7.15. The van der Waals surface area contributed by atoms with E-state index in [0.29, 0.717) is 5.70 Å². The summed E-state index contributed by atoms with van der Waals surface area (Å²) in [6.07, 6.45) is -3.48. The van der Waals surface area contributed by atoms with E-state index in [9.17, 15) is 13.2 Å². The molecule has 0 aliphatic carbocycles. The van der Waals surface area contributed by atoms with Crippen molar-refractivity contribution in [3.63, 3.8) is 0 Å². The fourth-order valence-electron chi connectivity index (χ4n) is 3.54. The number of alkyl halides is 3. The number of nitrogens with zero attached hydrogens (tertiary/aromatic N) is 1. The molecule has 0 amide bonds. The molecule has 0 aliphatic heterocycles. The first-order valence-electron chi connectivity index (χ1n) is 9.81. The van der Waals surface area contributed by atoms with Gasteiger partial charge < -0.3 is 5.32 Å². The van der Waals surface area contributed by atoms with Gasteiger partial charge in [0, 0.05) is 11.4 Å². The van der Waals surface area contributed by atoms with Crippen molar-refractivity contribution < 1.29 is 13.2 Å². The molecule has 2 nitrogen and oxygen atoms in total. The van der Waals surface area contributed by atoms with Gasteiger partial charge in [0.15, 0.2) is 0 Å². The van der Waals surface area contributed by atoms with Crippen molar-refractivity contribution in [3.8, 4) is 0 Å². The molecule has 0 aromatic heterocycles. The molecule has 0 saturated carbocycles. The lowest BCUT2D eigenvalue weighted by Gasteiger charge is -2.16. The Morgan fingerprint density at radius 3 is 2.20 bits per heavy atom. The van der Waals surface area contributed by atoms with Crippen LogP contribution in [0.15, 0.2) is 77.4 Å². The summed E-state index contributed by atoms with van der Waals surface area (Å²) in [6, 6.07) is 18.4. The Kier molecular flexibility index (Phi) is 6.30. The molecule has 0 aliphatic rings. The number of hydrogen-bond donors (Lipinski definition) is 1. The third-order valence-corrected chi connectivity index (χ3v) is 5.05. The third kappa shape index (κ3) is 4.90. The number of hydrogen-bond acceptors (Lipinski definition) is 2. The van der Waals surface area contributed by atoms with Gasteiger partial charge in [0.05, 0.1) is 6.04 Å². The number of halogens is 3. The van der Waals surface area contributed by atoms with Gasteiger partial charge in [-0.2, -0.15) is 13.2 Å². The number of rotatable bonds is 5. The van der Waals surface area contributed by atoms with Crippen molar-refractivity contribution in [1.82, 2.24) is 0 Å². The van der Waals surface area contributed by atoms with Crippen LogP contribution in [0.2, 0.25) is 0 Å². The topological polar surface area (TPSA) is 24.4 Å². The zero-order valence-corrected chi connectivity index (χ0v) is 17.5. The van der Waals surface area contributed by atoms with Crippen LogP contribution < -0.4 is 5.32 Å². The molecule has 0 saturated heterocycles. The molecule has 0 heterocycles. The van der Waals surface area contributed by atoms with Gasteiger partial charge in [0.2, 0.25) is 0 Å². The van der Waals surface area contributed by atoms with Crippen LogP contribution in [0.3, 0.4) is 0 Å². The van der Waals surface area contributed by atoms with E-state index in [0.717, 1.165) is 39.2 Å². The molecule has 156 valence electrons. The van der Waals surface area contributed by atoms with E-state index in [4.69, 9.17) is 0 Å². The second kappa shape index (κ2) is 8.74. The van der Waals surface area contributed by atoms with Crippen LogP contribution in [0.25, 0.3) is 10.8 Å². The Balaban J connectivity index is 1.97. The second-order valence-corrected chi connectivity index (χ2v) is 7.48. The fraction of sp³-hybridized carbons (Fsp3) is 0.240. The number of aliphatic imine (C=N–C) groups is 1. The maximum absolute atomic E-state index is 13.8. The van der Waals surface area contributed by atoms with Crippen LogP contribution >= 0.6 is 0 Å². The van der Waals surface area contributed by atoms with Gasteiger partial charge in [0.25, 0.3) is 0 Å². The molecule has 0 unspecified atom stereocenters. The summed E-state index contributed by atoms with van der Waals surface area (Å²) in [5.41, 5.74) is 3.00. The normalized spacial score (nSPS) is 14.1. The summed E-state index contributed by atoms with van der Waals surface area (Å²) in [5, 5.41) is 4.99. The minimum Gasteiger partial charge on any atom is -0.359 e. The molecule has 0 radical (unpaired) electrons. The highest BCUT2D eigenvalue weighted by atomic mass is 19.4. The number of nitrogens with one attached hydrogen (secondary N) is 1. The minimum absolute atomic E-state index is 0.383. The zero-order valence-electron chi connectivity index (χ0n) is 17.5. The molecule has 0 fully saturated rings. The SMILES string of the molecule is C/C(=C/C(=N[C@H](C)c1cccc2ccccc12)C(F)(F)F)Nc1c(C)cccc1C. The molecular formula is C25H25F3N2. The first-order chi connectivity index (χ1) is 14.2. The van der Waals surface area contributed by atoms with Gasteiger partial charge in [0.1, 0.15) is 5.71 Å². The Labute approximate surface area is 175 Å². The Morgan fingerprint density at radius 2 is 1.53 bits per heavy atom. The monoisotopic (exact) mass is 410 g/mol. The zero-order chi connectivity index (χ0) is 21.9. The van der Waals surface area contributed by atoms with Crippen LogP contribution in [-0.2, 0) is 0 Å². The van der Waals surface area contributed by atoms with Crippen LogP contribution in [0.4, 0.5) is 18.9 Å². The predicted octanol–water partition coefficient (Wildman–Crippen LogP) is 7.54. The number of para-hydroxylation sites is 1. The molecule has 5 heteroatoms. The summed E-state index contributed by atoms with van der Waals surface area (Å²) < 4.78 is 41.3. The van der Waals surface area contributed by atoms with Gasteiger partial charge in [-0.1, -0.05) is 60.7 Å². The molecule has 3 aromatic carbocycles. The van der Waals surface area contributed by atoms with E-state index in [1.807, 2.05) is 74.5 Å². The Hall–Kier alpha value is -3.08. The highest BCUT2D eigenvalue weighted by molar-refractivity contribution is 6.00. The smallest absolute Gasteiger partial charge is 0.359 e. The quantitative estimate of drug-likeness (QED) is 0.432. The summed E-state index contributed by atoms with van der Waals surface area (Å²) >= 11 is 0. The highest BCUT2D eigenvalue weighted by Gasteiger charge is 2.34. The molecule has 1 N–H and O–H groups in total. The lowest BCUT2D eigenvalue weighted by atomic mass is 10.00. The average molecular weight is 410 g/mol. The predicted molar refractivity (Wildman–Crippen MR) is 119 cm³/mol. The number of allylic oxidation sites excluding steroid dienone is 2. The molecule has 3 aromatic rings. The third-order valence-electron chi connectivity index (χ3n) is 5.05. The minimum atomic E-state index is -4.55. The molecule has 3 rings (SSSR count). The Morgan fingerprint density at radius 1 is 0.933 bits per heavy atom. The lowest BCUT2D eigenvalue weighted by molar-refractivity contribution is -0.0580. The first-order valence-corrected chi connectivity index (χ1v) is 9.81. The number of aryl methyl sites for hydroxylation is 2. The largest absolute Gasteiger partial charge is 0.432 e. The summed E-state index contributed by atoms with van der Waals surface area (Å²) in [7, 11) is 0. The number of fused-ring (bicyclic) bond motifs is 1. The van der Waals surface area contributed by atoms with Crippen molar-refractivity contribution in [2.45, 2.75) is 39.9 Å². The van der Waals surface area contributed by atoms with Gasteiger partial charge in [-0.05, 0) is 61.2 Å². The van der Waals surface area contributed by atoms with Crippen LogP contribution in [0.5, 0.6) is 0 Å². The van der Waals surface area contributed by atoms with Crippen molar-refractivity contribution >= 4 is 22.2 Å². The van der Waals surface area contributed by atoms with Gasteiger partial charge >= 0.3 is 6.18 Å². The van der Waals surface area contributed by atoms with E-state index < -0.39 is 17.9 Å². The maximum Gasteiger partial charge on any atom is 0.432 e. The van der Waals surface area contributed by atoms with Crippen molar-refractivity contribution in [2.24, 2.45) is 4.99 Å². The average Bonchev–Trinajstić information content (AvgIpc) is 2.69.